The van der Waals surface area contributed by atoms with Crippen LogP contribution in [0.5, 0.6) is 0 Å². The summed E-state index contributed by atoms with van der Waals surface area (Å²) in [5.41, 5.74) is 1.74. The number of aliphatic imine (C=N–C) groups is 1. The van der Waals surface area contributed by atoms with Crippen LogP contribution in [0.2, 0.25) is 0 Å². The van der Waals surface area contributed by atoms with Crippen LogP contribution >= 0.6 is 0 Å². The lowest BCUT2D eigenvalue weighted by Crippen LogP contribution is -2.42. The van der Waals surface area contributed by atoms with Crippen molar-refractivity contribution < 1.29 is 17.9 Å². The zero-order valence-corrected chi connectivity index (χ0v) is 15.8. The Morgan fingerprint density at radius 2 is 1.74 bits per heavy atom. The topological polar surface area (TPSA) is 48.9 Å². The van der Waals surface area contributed by atoms with E-state index in [4.69, 9.17) is 0 Å². The average molecular weight is 386 g/mol. The molecule has 0 bridgehead atoms. The van der Waals surface area contributed by atoms with Crippen LogP contribution in [0.4, 0.5) is 13.2 Å². The summed E-state index contributed by atoms with van der Waals surface area (Å²) in [5.74, 6) is 0.740. The van der Waals surface area contributed by atoms with Crippen LogP contribution in [0.25, 0.3) is 0 Å². The standard InChI is InChI=1S/C19H29F3N4O/c1-23-18(24-9-12-26-10-3-2-4-11-26)25-13-16-5-7-17(8-6-16)14-27-15-19(20,21)22/h5-8H,2-4,9-15H2,1H3,(H2,23,24,25). The Balaban J connectivity index is 1.66. The number of guanidine groups is 1. The highest BCUT2D eigenvalue weighted by Gasteiger charge is 2.27. The Morgan fingerprint density at radius 3 is 2.37 bits per heavy atom. The fraction of sp³-hybridized carbons (Fsp3) is 0.632. The van der Waals surface area contributed by atoms with Gasteiger partial charge < -0.3 is 20.3 Å². The van der Waals surface area contributed by atoms with Gasteiger partial charge in [0, 0.05) is 26.7 Å². The van der Waals surface area contributed by atoms with Gasteiger partial charge in [0.05, 0.1) is 6.61 Å². The summed E-state index contributed by atoms with van der Waals surface area (Å²) in [5, 5.41) is 6.56. The molecule has 152 valence electrons. The number of nitrogens with zero attached hydrogens (tertiary/aromatic N) is 2. The molecule has 27 heavy (non-hydrogen) atoms. The van der Waals surface area contributed by atoms with Gasteiger partial charge in [0.1, 0.15) is 6.61 Å². The Kier molecular flexibility index (Phi) is 8.87. The maximum absolute atomic E-state index is 12.1. The molecule has 2 rings (SSSR count). The van der Waals surface area contributed by atoms with E-state index < -0.39 is 12.8 Å². The monoisotopic (exact) mass is 386 g/mol. The van der Waals surface area contributed by atoms with Crippen molar-refractivity contribution in [3.05, 3.63) is 35.4 Å². The first-order valence-corrected chi connectivity index (χ1v) is 9.35. The van der Waals surface area contributed by atoms with Gasteiger partial charge in [-0.25, -0.2) is 0 Å². The summed E-state index contributed by atoms with van der Waals surface area (Å²) in [6.45, 7) is 3.51. The van der Waals surface area contributed by atoms with Gasteiger partial charge in [-0.15, -0.1) is 0 Å². The molecule has 0 aliphatic carbocycles. The van der Waals surface area contributed by atoms with Crippen molar-refractivity contribution in [2.45, 2.75) is 38.6 Å². The quantitative estimate of drug-likeness (QED) is 0.533. The van der Waals surface area contributed by atoms with Crippen molar-refractivity contribution in [2.24, 2.45) is 4.99 Å². The van der Waals surface area contributed by atoms with Crippen molar-refractivity contribution >= 4 is 5.96 Å². The van der Waals surface area contributed by atoms with Gasteiger partial charge >= 0.3 is 6.18 Å². The lowest BCUT2D eigenvalue weighted by molar-refractivity contribution is -0.176. The van der Waals surface area contributed by atoms with Crippen LogP contribution in [0.3, 0.4) is 0 Å². The predicted octanol–water partition coefficient (Wildman–Crippen LogP) is 2.92. The lowest BCUT2D eigenvalue weighted by Gasteiger charge is -2.26. The minimum atomic E-state index is -4.29. The minimum Gasteiger partial charge on any atom is -0.367 e. The first kappa shape index (κ1) is 21.5. The summed E-state index contributed by atoms with van der Waals surface area (Å²) < 4.78 is 40.9. The maximum atomic E-state index is 12.1. The largest absolute Gasteiger partial charge is 0.411 e. The second kappa shape index (κ2) is 11.1. The zero-order valence-electron chi connectivity index (χ0n) is 15.8. The molecule has 1 fully saturated rings. The van der Waals surface area contributed by atoms with Gasteiger partial charge in [-0.3, -0.25) is 4.99 Å². The Morgan fingerprint density at radius 1 is 1.07 bits per heavy atom. The van der Waals surface area contributed by atoms with E-state index in [2.05, 4.69) is 25.3 Å². The molecule has 1 aromatic carbocycles. The van der Waals surface area contributed by atoms with Crippen molar-refractivity contribution in [2.75, 3.05) is 39.8 Å². The number of hydrogen-bond acceptors (Lipinski definition) is 3. The molecule has 1 aliphatic heterocycles. The Bertz CT molecular complexity index is 569. The second-order valence-corrected chi connectivity index (χ2v) is 6.68. The normalized spacial score (nSPS) is 16.4. The van der Waals surface area contributed by atoms with Crippen LogP contribution < -0.4 is 10.6 Å². The van der Waals surface area contributed by atoms with E-state index in [1.807, 2.05) is 12.1 Å². The zero-order chi connectivity index (χ0) is 19.5. The number of nitrogens with one attached hydrogen (secondary N) is 2. The van der Waals surface area contributed by atoms with Crippen molar-refractivity contribution in [1.82, 2.24) is 15.5 Å². The highest BCUT2D eigenvalue weighted by atomic mass is 19.4. The molecule has 0 amide bonds. The van der Waals surface area contributed by atoms with Crippen molar-refractivity contribution in [1.29, 1.82) is 0 Å². The third-order valence-corrected chi connectivity index (χ3v) is 4.41. The van der Waals surface area contributed by atoms with Gasteiger partial charge in [-0.05, 0) is 37.1 Å². The fourth-order valence-corrected chi connectivity index (χ4v) is 2.96. The van der Waals surface area contributed by atoms with Crippen LogP contribution in [0.1, 0.15) is 30.4 Å². The maximum Gasteiger partial charge on any atom is 0.411 e. The van der Waals surface area contributed by atoms with Gasteiger partial charge in [-0.2, -0.15) is 13.2 Å². The summed E-state index contributed by atoms with van der Waals surface area (Å²) in [6, 6.07) is 7.31. The second-order valence-electron chi connectivity index (χ2n) is 6.68. The van der Waals surface area contributed by atoms with Crippen LogP contribution in [0.15, 0.2) is 29.3 Å². The Hall–Kier alpha value is -1.80. The molecule has 0 spiro atoms. The number of halogens is 3. The molecule has 0 unspecified atom stereocenters. The van der Waals surface area contributed by atoms with E-state index in [0.29, 0.717) is 12.1 Å². The number of piperidine rings is 1. The first-order valence-electron chi connectivity index (χ1n) is 9.35. The summed E-state index contributed by atoms with van der Waals surface area (Å²) in [7, 11) is 1.73. The van der Waals surface area contributed by atoms with Gasteiger partial charge in [0.15, 0.2) is 5.96 Å². The molecule has 0 radical (unpaired) electrons. The number of rotatable bonds is 8. The van der Waals surface area contributed by atoms with Crippen LogP contribution in [-0.2, 0) is 17.9 Å². The van der Waals surface area contributed by atoms with E-state index >= 15 is 0 Å². The highest BCUT2D eigenvalue weighted by Crippen LogP contribution is 2.15. The van der Waals surface area contributed by atoms with E-state index in [-0.39, 0.29) is 6.61 Å². The molecule has 5 nitrogen and oxygen atoms in total. The van der Waals surface area contributed by atoms with Gasteiger partial charge in [0.25, 0.3) is 0 Å². The van der Waals surface area contributed by atoms with E-state index in [9.17, 15) is 13.2 Å². The lowest BCUT2D eigenvalue weighted by atomic mass is 10.1. The molecular formula is C19H29F3N4O. The number of alkyl halides is 3. The number of likely N-dealkylation sites (tertiary alicyclic amines) is 1. The molecule has 1 aromatic rings. The number of hydrogen-bond donors (Lipinski definition) is 2. The van der Waals surface area contributed by atoms with E-state index in [0.717, 1.165) is 24.6 Å². The highest BCUT2D eigenvalue weighted by molar-refractivity contribution is 5.79. The van der Waals surface area contributed by atoms with Crippen molar-refractivity contribution in [3.8, 4) is 0 Å². The first-order chi connectivity index (χ1) is 13.0. The van der Waals surface area contributed by atoms with Crippen LogP contribution in [-0.4, -0.2) is 56.9 Å². The summed E-state index contributed by atoms with van der Waals surface area (Å²) >= 11 is 0. The average Bonchev–Trinajstić information content (AvgIpc) is 2.65. The molecule has 8 heteroatoms. The van der Waals surface area contributed by atoms with Crippen molar-refractivity contribution in [3.63, 3.8) is 0 Å². The van der Waals surface area contributed by atoms with Crippen LogP contribution in [0, 0.1) is 0 Å². The number of ether oxygens (including phenoxy) is 1. The minimum absolute atomic E-state index is 0.0487. The van der Waals surface area contributed by atoms with Gasteiger partial charge in [-0.1, -0.05) is 30.7 Å². The summed E-state index contributed by atoms with van der Waals surface area (Å²) in [6.07, 6.45) is -0.393. The van der Waals surface area contributed by atoms with Gasteiger partial charge in [0.2, 0.25) is 0 Å². The Labute approximate surface area is 159 Å². The predicted molar refractivity (Wildman–Crippen MR) is 101 cm³/mol. The smallest absolute Gasteiger partial charge is 0.367 e. The molecular weight excluding hydrogens is 357 g/mol. The fourth-order valence-electron chi connectivity index (χ4n) is 2.96. The molecule has 1 heterocycles. The molecule has 2 N–H and O–H groups in total. The molecule has 0 saturated carbocycles. The molecule has 0 aromatic heterocycles. The third kappa shape index (κ3) is 9.10. The third-order valence-electron chi connectivity index (χ3n) is 4.41. The SMILES string of the molecule is CN=C(NCCN1CCCCC1)NCc1ccc(COCC(F)(F)F)cc1. The summed E-state index contributed by atoms with van der Waals surface area (Å²) in [4.78, 5) is 6.68. The van der Waals surface area contributed by atoms with E-state index in [1.54, 1.807) is 19.2 Å². The van der Waals surface area contributed by atoms with E-state index in [1.165, 1.54) is 32.4 Å². The molecule has 1 aliphatic rings. The molecule has 0 atom stereocenters. The molecule has 1 saturated heterocycles. The number of benzene rings is 1.